The lowest BCUT2D eigenvalue weighted by atomic mass is 9.97. The first-order valence-electron chi connectivity index (χ1n) is 8.14. The van der Waals surface area contributed by atoms with Gasteiger partial charge in [0.25, 0.3) is 0 Å². The fourth-order valence-corrected chi connectivity index (χ4v) is 3.13. The Kier molecular flexibility index (Phi) is 5.45. The Balaban J connectivity index is 1.84. The second-order valence-corrected chi connectivity index (χ2v) is 7.21. The van der Waals surface area contributed by atoms with Crippen LogP contribution in [0.25, 0.3) is 0 Å². The SMILES string of the molecule is COC(=O)[C@H]1CCCN1C1CCN(OC(=O)C(C)(C)C)CC1. The van der Waals surface area contributed by atoms with Crippen LogP contribution in [0.15, 0.2) is 0 Å². The molecule has 2 saturated heterocycles. The smallest absolute Gasteiger partial charge is 0.330 e. The number of methoxy groups -OCH3 is 1. The fraction of sp³-hybridized carbons (Fsp3) is 0.875. The zero-order valence-corrected chi connectivity index (χ0v) is 14.1. The minimum Gasteiger partial charge on any atom is -0.468 e. The van der Waals surface area contributed by atoms with E-state index < -0.39 is 5.41 Å². The molecule has 126 valence electrons. The summed E-state index contributed by atoms with van der Waals surface area (Å²) < 4.78 is 4.91. The van der Waals surface area contributed by atoms with Crippen LogP contribution in [0, 0.1) is 5.41 Å². The molecule has 0 aromatic carbocycles. The van der Waals surface area contributed by atoms with Gasteiger partial charge in [0.1, 0.15) is 6.04 Å². The van der Waals surface area contributed by atoms with Crippen molar-refractivity contribution in [3.63, 3.8) is 0 Å². The molecule has 0 aliphatic carbocycles. The van der Waals surface area contributed by atoms with E-state index in [1.165, 1.54) is 7.11 Å². The number of carbonyl (C=O) groups is 2. The van der Waals surface area contributed by atoms with Gasteiger partial charge in [-0.3, -0.25) is 9.69 Å². The molecule has 0 unspecified atom stereocenters. The standard InChI is InChI=1S/C16H28N2O4/c1-16(2,3)15(20)22-17-10-7-12(8-11-17)18-9-5-6-13(18)14(19)21-4/h12-13H,5-11H2,1-4H3/t13-/m1/s1. The highest BCUT2D eigenvalue weighted by atomic mass is 16.7. The topological polar surface area (TPSA) is 59.1 Å². The number of hydroxylamine groups is 2. The van der Waals surface area contributed by atoms with Crippen LogP contribution in [0.3, 0.4) is 0 Å². The van der Waals surface area contributed by atoms with Crippen molar-refractivity contribution in [3.05, 3.63) is 0 Å². The zero-order chi connectivity index (χ0) is 16.3. The summed E-state index contributed by atoms with van der Waals surface area (Å²) in [6, 6.07) is 0.273. The molecule has 0 saturated carbocycles. The van der Waals surface area contributed by atoms with E-state index in [9.17, 15) is 9.59 Å². The van der Waals surface area contributed by atoms with E-state index in [-0.39, 0.29) is 18.0 Å². The third kappa shape index (κ3) is 3.98. The number of likely N-dealkylation sites (tertiary alicyclic amines) is 1. The van der Waals surface area contributed by atoms with Gasteiger partial charge in [0.2, 0.25) is 0 Å². The average molecular weight is 312 g/mol. The number of esters is 1. The quantitative estimate of drug-likeness (QED) is 0.738. The van der Waals surface area contributed by atoms with Crippen molar-refractivity contribution in [3.8, 4) is 0 Å². The number of rotatable bonds is 3. The average Bonchev–Trinajstić information content (AvgIpc) is 2.95. The second-order valence-electron chi connectivity index (χ2n) is 7.21. The summed E-state index contributed by atoms with van der Waals surface area (Å²) >= 11 is 0. The third-order valence-corrected chi connectivity index (χ3v) is 4.48. The van der Waals surface area contributed by atoms with E-state index >= 15 is 0 Å². The van der Waals surface area contributed by atoms with E-state index in [4.69, 9.17) is 9.57 Å². The van der Waals surface area contributed by atoms with Crippen LogP contribution in [0.5, 0.6) is 0 Å². The van der Waals surface area contributed by atoms with Crippen LogP contribution < -0.4 is 0 Å². The second kappa shape index (κ2) is 6.96. The summed E-state index contributed by atoms with van der Waals surface area (Å²) in [7, 11) is 1.45. The number of carbonyl (C=O) groups excluding carboxylic acids is 2. The molecule has 2 aliphatic heterocycles. The highest BCUT2D eigenvalue weighted by Crippen LogP contribution is 2.27. The van der Waals surface area contributed by atoms with Gasteiger partial charge in [0, 0.05) is 19.1 Å². The van der Waals surface area contributed by atoms with Crippen LogP contribution >= 0.6 is 0 Å². The molecule has 2 aliphatic rings. The fourth-order valence-electron chi connectivity index (χ4n) is 3.13. The number of ether oxygens (including phenoxy) is 1. The van der Waals surface area contributed by atoms with E-state index in [1.807, 2.05) is 20.8 Å². The molecular formula is C16H28N2O4. The lowest BCUT2D eigenvalue weighted by molar-refractivity contribution is -0.206. The molecule has 22 heavy (non-hydrogen) atoms. The molecule has 6 nitrogen and oxygen atoms in total. The number of hydrogen-bond acceptors (Lipinski definition) is 6. The molecule has 2 fully saturated rings. The van der Waals surface area contributed by atoms with Crippen molar-refractivity contribution in [2.45, 2.75) is 58.5 Å². The number of piperidine rings is 1. The van der Waals surface area contributed by atoms with Crippen molar-refractivity contribution in [1.82, 2.24) is 9.96 Å². The molecule has 2 rings (SSSR count). The summed E-state index contributed by atoms with van der Waals surface area (Å²) in [6.07, 6.45) is 3.74. The van der Waals surface area contributed by atoms with Crippen LogP contribution in [0.1, 0.15) is 46.5 Å². The Labute approximate surface area is 132 Å². The van der Waals surface area contributed by atoms with E-state index in [1.54, 1.807) is 5.06 Å². The van der Waals surface area contributed by atoms with Crippen LogP contribution in [-0.4, -0.2) is 60.7 Å². The van der Waals surface area contributed by atoms with Crippen molar-refractivity contribution in [2.75, 3.05) is 26.7 Å². The van der Waals surface area contributed by atoms with Gasteiger partial charge in [0.15, 0.2) is 0 Å². The maximum Gasteiger partial charge on any atom is 0.330 e. The summed E-state index contributed by atoms with van der Waals surface area (Å²) in [5.41, 5.74) is -0.484. The largest absolute Gasteiger partial charge is 0.468 e. The molecule has 0 radical (unpaired) electrons. The van der Waals surface area contributed by atoms with Gasteiger partial charge in [-0.15, -0.1) is 5.06 Å². The Morgan fingerprint density at radius 3 is 2.23 bits per heavy atom. The zero-order valence-electron chi connectivity index (χ0n) is 14.1. The third-order valence-electron chi connectivity index (χ3n) is 4.48. The summed E-state index contributed by atoms with van der Waals surface area (Å²) in [6.45, 7) is 7.95. The van der Waals surface area contributed by atoms with Gasteiger partial charge in [-0.2, -0.15) is 0 Å². The van der Waals surface area contributed by atoms with Crippen LogP contribution in [-0.2, 0) is 19.2 Å². The lowest BCUT2D eigenvalue weighted by Crippen LogP contribution is -2.49. The Bertz CT molecular complexity index is 411. The Morgan fingerprint density at radius 2 is 1.68 bits per heavy atom. The first-order valence-corrected chi connectivity index (χ1v) is 8.14. The molecule has 0 N–H and O–H groups in total. The minimum absolute atomic E-state index is 0.0984. The van der Waals surface area contributed by atoms with E-state index in [2.05, 4.69) is 4.90 Å². The van der Waals surface area contributed by atoms with Gasteiger partial charge >= 0.3 is 11.9 Å². The van der Waals surface area contributed by atoms with Crippen LogP contribution in [0.4, 0.5) is 0 Å². The number of hydrogen-bond donors (Lipinski definition) is 0. The summed E-state index contributed by atoms with van der Waals surface area (Å²) in [5, 5.41) is 1.76. The van der Waals surface area contributed by atoms with Crippen molar-refractivity contribution in [1.29, 1.82) is 0 Å². The first-order chi connectivity index (χ1) is 10.3. The molecule has 0 aromatic rings. The molecule has 0 aromatic heterocycles. The van der Waals surface area contributed by atoms with Gasteiger partial charge in [-0.25, -0.2) is 4.79 Å². The predicted molar refractivity (Wildman–Crippen MR) is 81.9 cm³/mol. The summed E-state index contributed by atoms with van der Waals surface area (Å²) in [5.74, 6) is -0.321. The Hall–Kier alpha value is -1.14. The molecule has 0 spiro atoms. The molecule has 6 heteroatoms. The van der Waals surface area contributed by atoms with Crippen molar-refractivity contribution in [2.24, 2.45) is 5.41 Å². The van der Waals surface area contributed by atoms with E-state index in [0.29, 0.717) is 6.04 Å². The normalized spacial score (nSPS) is 25.2. The maximum atomic E-state index is 11.9. The highest BCUT2D eigenvalue weighted by molar-refractivity contribution is 5.76. The van der Waals surface area contributed by atoms with Crippen molar-refractivity contribution < 1.29 is 19.2 Å². The van der Waals surface area contributed by atoms with Gasteiger partial charge in [-0.1, -0.05) is 0 Å². The highest BCUT2D eigenvalue weighted by Gasteiger charge is 2.38. The lowest BCUT2D eigenvalue weighted by Gasteiger charge is -2.38. The van der Waals surface area contributed by atoms with Gasteiger partial charge in [0.05, 0.1) is 12.5 Å². The van der Waals surface area contributed by atoms with Crippen LogP contribution in [0.2, 0.25) is 0 Å². The Morgan fingerprint density at radius 1 is 1.05 bits per heavy atom. The molecule has 1 atom stereocenters. The summed E-state index contributed by atoms with van der Waals surface area (Å²) in [4.78, 5) is 31.5. The van der Waals surface area contributed by atoms with Gasteiger partial charge < -0.3 is 9.57 Å². The molecule has 2 heterocycles. The maximum absolute atomic E-state index is 11.9. The predicted octanol–water partition coefficient (Wildman–Crippen LogP) is 1.59. The molecule has 0 amide bonds. The monoisotopic (exact) mass is 312 g/mol. The minimum atomic E-state index is -0.484. The molecule has 0 bridgehead atoms. The number of nitrogens with zero attached hydrogens (tertiary/aromatic N) is 2. The van der Waals surface area contributed by atoms with E-state index in [0.717, 1.165) is 45.3 Å². The first kappa shape index (κ1) is 17.2. The van der Waals surface area contributed by atoms with Gasteiger partial charge in [-0.05, 0) is 53.0 Å². The molecular weight excluding hydrogens is 284 g/mol. The van der Waals surface area contributed by atoms with Crippen molar-refractivity contribution >= 4 is 11.9 Å².